The van der Waals surface area contributed by atoms with Gasteiger partial charge in [0, 0.05) is 18.2 Å². The van der Waals surface area contributed by atoms with Crippen LogP contribution < -0.4 is 14.8 Å². The number of benzene rings is 1. The van der Waals surface area contributed by atoms with Crippen LogP contribution in [0.4, 0.5) is 0 Å². The summed E-state index contributed by atoms with van der Waals surface area (Å²) in [7, 11) is 1.57. The lowest BCUT2D eigenvalue weighted by Crippen LogP contribution is -2.57. The summed E-state index contributed by atoms with van der Waals surface area (Å²) in [5.74, 6) is 1.79. The van der Waals surface area contributed by atoms with E-state index in [4.69, 9.17) is 9.47 Å². The number of hydrogen-bond donors (Lipinski definition) is 1. The van der Waals surface area contributed by atoms with E-state index in [0.717, 1.165) is 6.54 Å². The van der Waals surface area contributed by atoms with Crippen LogP contribution in [-0.2, 0) is 0 Å². The van der Waals surface area contributed by atoms with Crippen molar-refractivity contribution in [2.75, 3.05) is 26.7 Å². The summed E-state index contributed by atoms with van der Waals surface area (Å²) in [6, 6.07) is 7.43. The zero-order valence-electron chi connectivity index (χ0n) is 14.1. The number of nitrogens with one attached hydrogen (secondary N) is 1. The molecule has 3 fully saturated rings. The maximum atomic E-state index is 12.5. The van der Waals surface area contributed by atoms with Gasteiger partial charge in [-0.2, -0.15) is 4.98 Å². The maximum Gasteiger partial charge on any atom is 0.282 e. The van der Waals surface area contributed by atoms with Crippen LogP contribution in [0.1, 0.15) is 23.2 Å². The van der Waals surface area contributed by atoms with Crippen molar-refractivity contribution >= 4 is 17.2 Å². The Kier molecular flexibility index (Phi) is 4.59. The molecule has 6 nitrogen and oxygen atoms in total. The molecule has 2 bridgehead atoms. The fourth-order valence-corrected chi connectivity index (χ4v) is 4.18. The maximum absolute atomic E-state index is 12.5. The third-order valence-corrected chi connectivity index (χ3v) is 5.66. The highest BCUT2D eigenvalue weighted by Gasteiger charge is 2.34. The second kappa shape index (κ2) is 7.01. The first kappa shape index (κ1) is 16.4. The predicted molar refractivity (Wildman–Crippen MR) is 95.6 cm³/mol. The van der Waals surface area contributed by atoms with Crippen LogP contribution >= 0.6 is 11.3 Å². The Bertz CT molecular complexity index is 738. The van der Waals surface area contributed by atoms with Crippen LogP contribution in [0, 0.1) is 5.92 Å². The third kappa shape index (κ3) is 3.62. The highest BCUT2D eigenvalue weighted by molar-refractivity contribution is 7.11. The third-order valence-electron chi connectivity index (χ3n) is 4.97. The molecule has 132 valence electrons. The molecule has 3 saturated heterocycles. The van der Waals surface area contributed by atoms with Gasteiger partial charge in [0.25, 0.3) is 11.1 Å². The summed E-state index contributed by atoms with van der Waals surface area (Å²) in [5.41, 5.74) is 0.653. The first-order valence-corrected chi connectivity index (χ1v) is 9.40. The van der Waals surface area contributed by atoms with Crippen molar-refractivity contribution < 1.29 is 14.3 Å². The van der Waals surface area contributed by atoms with Crippen molar-refractivity contribution in [2.24, 2.45) is 5.92 Å². The number of piperidine rings is 3. The lowest BCUT2D eigenvalue weighted by atomic mass is 9.84. The van der Waals surface area contributed by atoms with Crippen LogP contribution in [0.3, 0.4) is 0 Å². The fourth-order valence-electron chi connectivity index (χ4n) is 3.54. The van der Waals surface area contributed by atoms with Crippen molar-refractivity contribution in [2.45, 2.75) is 18.9 Å². The highest BCUT2D eigenvalue weighted by Crippen LogP contribution is 2.29. The molecule has 5 rings (SSSR count). The molecule has 0 aliphatic carbocycles. The zero-order chi connectivity index (χ0) is 17.2. The molecule has 1 aromatic heterocycles. The van der Waals surface area contributed by atoms with Gasteiger partial charge in [-0.05, 0) is 56.1 Å². The van der Waals surface area contributed by atoms with E-state index in [9.17, 15) is 4.79 Å². The minimum atomic E-state index is -0.0128. The summed E-state index contributed by atoms with van der Waals surface area (Å²) in [6.45, 7) is 3.32. The lowest BCUT2D eigenvalue weighted by molar-refractivity contribution is 0.0620. The number of carbonyl (C=O) groups excluding carboxylic acids is 1. The van der Waals surface area contributed by atoms with E-state index in [1.54, 1.807) is 36.8 Å². The average Bonchev–Trinajstić information content (AvgIpc) is 3.11. The Morgan fingerprint density at radius 3 is 2.64 bits per heavy atom. The molecule has 1 unspecified atom stereocenters. The molecule has 25 heavy (non-hydrogen) atoms. The molecule has 3 aliphatic heterocycles. The molecular formula is C18H21N3O3S. The van der Waals surface area contributed by atoms with E-state index in [1.165, 1.54) is 37.3 Å². The van der Waals surface area contributed by atoms with Gasteiger partial charge in [-0.15, -0.1) is 0 Å². The van der Waals surface area contributed by atoms with Crippen LogP contribution in [0.15, 0.2) is 29.6 Å². The number of carbonyl (C=O) groups is 1. The van der Waals surface area contributed by atoms with E-state index < -0.39 is 0 Å². The van der Waals surface area contributed by atoms with Gasteiger partial charge in [-0.25, -0.2) is 0 Å². The second-order valence-electron chi connectivity index (χ2n) is 6.50. The molecule has 4 heterocycles. The molecule has 1 N–H and O–H groups in total. The minimum Gasteiger partial charge on any atom is -0.480 e. The molecule has 1 aromatic carbocycles. The monoisotopic (exact) mass is 359 g/mol. The number of aromatic nitrogens is 1. The normalized spacial score (nSPS) is 24.8. The van der Waals surface area contributed by atoms with E-state index in [1.807, 2.05) is 0 Å². The van der Waals surface area contributed by atoms with Crippen LogP contribution in [0.2, 0.25) is 0 Å². The van der Waals surface area contributed by atoms with Crippen molar-refractivity contribution in [3.05, 3.63) is 35.2 Å². The molecular weight excluding hydrogens is 338 g/mol. The van der Waals surface area contributed by atoms with Gasteiger partial charge in [0.15, 0.2) is 0 Å². The predicted octanol–water partition coefficient (Wildman–Crippen LogP) is 2.77. The number of nitrogens with zero attached hydrogens (tertiary/aromatic N) is 2. The Labute approximate surface area is 150 Å². The summed E-state index contributed by atoms with van der Waals surface area (Å²) >= 11 is 1.37. The quantitative estimate of drug-likeness (QED) is 0.889. The topological polar surface area (TPSA) is 63.7 Å². The molecule has 0 spiro atoms. The first-order valence-electron chi connectivity index (χ1n) is 8.52. The molecule has 0 saturated carbocycles. The van der Waals surface area contributed by atoms with Crippen molar-refractivity contribution in [3.8, 4) is 16.8 Å². The lowest BCUT2D eigenvalue weighted by Gasteiger charge is -2.44. The van der Waals surface area contributed by atoms with E-state index in [-0.39, 0.29) is 11.9 Å². The van der Waals surface area contributed by atoms with Crippen LogP contribution in [0.25, 0.3) is 0 Å². The number of amides is 1. The van der Waals surface area contributed by atoms with Crippen LogP contribution in [0.5, 0.6) is 16.8 Å². The Morgan fingerprint density at radius 1 is 1.28 bits per heavy atom. The largest absolute Gasteiger partial charge is 0.480 e. The Balaban J connectivity index is 1.37. The van der Waals surface area contributed by atoms with Gasteiger partial charge in [0.05, 0.1) is 12.5 Å². The minimum absolute atomic E-state index is 0.0128. The van der Waals surface area contributed by atoms with E-state index in [0.29, 0.717) is 28.3 Å². The molecule has 7 heteroatoms. The van der Waals surface area contributed by atoms with E-state index in [2.05, 4.69) is 15.2 Å². The number of rotatable bonds is 5. The Morgan fingerprint density at radius 2 is 2.04 bits per heavy atom. The smallest absolute Gasteiger partial charge is 0.282 e. The molecule has 1 amide bonds. The number of fused-ring (bicyclic) bond motifs is 3. The summed E-state index contributed by atoms with van der Waals surface area (Å²) < 4.78 is 10.7. The van der Waals surface area contributed by atoms with Crippen LogP contribution in [-0.4, -0.2) is 48.6 Å². The number of hydrogen-bond acceptors (Lipinski definition) is 6. The van der Waals surface area contributed by atoms with E-state index >= 15 is 0 Å². The SMILES string of the molecule is COc1csc(Oc2ccc(C(=O)NC3CN4CCC3CC4)cc2)n1. The Hall–Kier alpha value is -2.12. The number of methoxy groups -OCH3 is 1. The molecule has 0 radical (unpaired) electrons. The van der Waals surface area contributed by atoms with Gasteiger partial charge in [0.1, 0.15) is 5.75 Å². The molecule has 3 aliphatic rings. The summed E-state index contributed by atoms with van der Waals surface area (Å²) in [4.78, 5) is 19.1. The number of thiazole rings is 1. The molecule has 1 atom stereocenters. The summed E-state index contributed by atoms with van der Waals surface area (Å²) in [5, 5.41) is 5.50. The zero-order valence-corrected chi connectivity index (χ0v) is 14.9. The standard InChI is InChI=1S/C18H21N3O3S/c1-23-16-11-25-18(20-16)24-14-4-2-13(3-5-14)17(22)19-15-10-21-8-6-12(15)7-9-21/h2-5,11-12,15H,6-10H2,1H3,(H,19,22). The second-order valence-corrected chi connectivity index (χ2v) is 7.32. The van der Waals surface area contributed by atoms with Gasteiger partial charge < -0.3 is 19.7 Å². The first-order chi connectivity index (χ1) is 12.2. The molecule has 2 aromatic rings. The average molecular weight is 359 g/mol. The fraction of sp³-hybridized carbons (Fsp3) is 0.444. The van der Waals surface area contributed by atoms with Crippen molar-refractivity contribution in [1.82, 2.24) is 15.2 Å². The van der Waals surface area contributed by atoms with Gasteiger partial charge in [-0.1, -0.05) is 11.3 Å². The van der Waals surface area contributed by atoms with Crippen molar-refractivity contribution in [1.29, 1.82) is 0 Å². The summed E-state index contributed by atoms with van der Waals surface area (Å²) in [6.07, 6.45) is 2.38. The van der Waals surface area contributed by atoms with Crippen molar-refractivity contribution in [3.63, 3.8) is 0 Å². The van der Waals surface area contributed by atoms with Gasteiger partial charge in [0.2, 0.25) is 5.88 Å². The van der Waals surface area contributed by atoms with Gasteiger partial charge >= 0.3 is 0 Å². The van der Waals surface area contributed by atoms with Gasteiger partial charge in [-0.3, -0.25) is 4.79 Å². The highest BCUT2D eigenvalue weighted by atomic mass is 32.1. The number of ether oxygens (including phenoxy) is 2.